The van der Waals surface area contributed by atoms with Crippen LogP contribution in [0.2, 0.25) is 0 Å². The van der Waals surface area contributed by atoms with Crippen molar-refractivity contribution in [3.8, 4) is 0 Å². The molecule has 1 aromatic carbocycles. The van der Waals surface area contributed by atoms with Gasteiger partial charge in [-0.25, -0.2) is 4.79 Å². The molecule has 4 rings (SSSR count). The second kappa shape index (κ2) is 7.31. The number of hydroxylamine groups is 2. The Morgan fingerprint density at radius 1 is 1.44 bits per heavy atom. The lowest BCUT2D eigenvalue weighted by Crippen LogP contribution is -2.49. The number of aromatic amines is 1. The van der Waals surface area contributed by atoms with Crippen molar-refractivity contribution < 1.29 is 14.4 Å². The van der Waals surface area contributed by atoms with Crippen LogP contribution in [0, 0.1) is 0 Å². The molecule has 6 nitrogen and oxygen atoms in total. The van der Waals surface area contributed by atoms with Gasteiger partial charge in [0, 0.05) is 33.4 Å². The first-order chi connectivity index (χ1) is 12.8. The van der Waals surface area contributed by atoms with Gasteiger partial charge in [-0.3, -0.25) is 4.84 Å². The quantitative estimate of drug-likeness (QED) is 0.671. The molecule has 1 amide bonds. The van der Waals surface area contributed by atoms with E-state index in [0.29, 0.717) is 5.94 Å². The van der Waals surface area contributed by atoms with Crippen molar-refractivity contribution in [3.63, 3.8) is 0 Å². The van der Waals surface area contributed by atoms with Crippen LogP contribution < -0.4 is 5.32 Å². The third kappa shape index (κ3) is 3.99. The lowest BCUT2D eigenvalue weighted by Gasteiger charge is -2.37. The molecule has 2 aromatic rings. The first-order valence-corrected chi connectivity index (χ1v) is 11.0. The van der Waals surface area contributed by atoms with E-state index in [1.54, 1.807) is 11.8 Å². The predicted molar refractivity (Wildman–Crippen MR) is 111 cm³/mol. The van der Waals surface area contributed by atoms with Gasteiger partial charge in [0.1, 0.15) is 11.5 Å². The number of carbonyl (C=O) groups is 1. The second-order valence-electron chi connectivity index (χ2n) is 7.91. The van der Waals surface area contributed by atoms with Gasteiger partial charge >= 0.3 is 6.09 Å². The van der Waals surface area contributed by atoms with Crippen LogP contribution in [-0.4, -0.2) is 46.0 Å². The number of fused-ring (bicyclic) bond motifs is 5. The summed E-state index contributed by atoms with van der Waals surface area (Å²) in [5.41, 5.74) is 3.01. The predicted octanol–water partition coefficient (Wildman–Crippen LogP) is 4.36. The number of nitrogens with zero attached hydrogens (tertiary/aromatic N) is 1. The van der Waals surface area contributed by atoms with Crippen LogP contribution in [0.4, 0.5) is 4.79 Å². The van der Waals surface area contributed by atoms with Gasteiger partial charge in [-0.2, -0.15) is 5.06 Å². The zero-order chi connectivity index (χ0) is 19.2. The van der Waals surface area contributed by atoms with Gasteiger partial charge in [0.05, 0.1) is 12.1 Å². The topological polar surface area (TPSA) is 66.6 Å². The number of thioether (sulfide) groups is 1. The lowest BCUT2D eigenvalue weighted by atomic mass is 9.95. The standard InChI is InChI=1S/C19H24BrN3O3S/c1-19(2,3)26-18(24)22-15-9-27-10-25-23-7-6-13-12-5-4-11(20)8-14(12)21-16(13)17(15)23/h4-5,8,15,17,21H,6-7,9-10H2,1-3H3,(H,22,24)/t15-,17+/m1/s1. The van der Waals surface area contributed by atoms with E-state index in [-0.39, 0.29) is 18.2 Å². The van der Waals surface area contributed by atoms with Crippen LogP contribution in [0.1, 0.15) is 38.1 Å². The van der Waals surface area contributed by atoms with E-state index in [1.807, 2.05) is 25.8 Å². The molecule has 0 unspecified atom stereocenters. The Hall–Kier alpha value is -1.22. The van der Waals surface area contributed by atoms with E-state index in [9.17, 15) is 4.79 Å². The summed E-state index contributed by atoms with van der Waals surface area (Å²) in [6, 6.07) is 6.14. The lowest BCUT2D eigenvalue weighted by molar-refractivity contribution is -0.177. The molecule has 0 bridgehead atoms. The number of benzene rings is 1. The first kappa shape index (κ1) is 19.1. The molecule has 1 fully saturated rings. The molecule has 2 aliphatic heterocycles. The van der Waals surface area contributed by atoms with Crippen LogP contribution in [0.3, 0.4) is 0 Å². The molecule has 0 aliphatic carbocycles. The summed E-state index contributed by atoms with van der Waals surface area (Å²) >= 11 is 5.23. The Bertz CT molecular complexity index is 864. The number of hydrogen-bond acceptors (Lipinski definition) is 5. The Morgan fingerprint density at radius 2 is 2.26 bits per heavy atom. The fourth-order valence-electron chi connectivity index (χ4n) is 3.77. The number of nitrogens with one attached hydrogen (secondary N) is 2. The van der Waals surface area contributed by atoms with Crippen LogP contribution in [-0.2, 0) is 16.0 Å². The minimum atomic E-state index is -0.525. The Balaban J connectivity index is 1.69. The highest BCUT2D eigenvalue weighted by Gasteiger charge is 2.39. The van der Waals surface area contributed by atoms with Gasteiger partial charge in [-0.15, -0.1) is 11.8 Å². The second-order valence-corrected chi connectivity index (χ2v) is 9.81. The highest BCUT2D eigenvalue weighted by molar-refractivity contribution is 9.10. The Kier molecular flexibility index (Phi) is 5.18. The van der Waals surface area contributed by atoms with E-state index in [4.69, 9.17) is 9.57 Å². The maximum absolute atomic E-state index is 12.4. The highest BCUT2D eigenvalue weighted by Crippen LogP contribution is 2.39. The van der Waals surface area contributed by atoms with E-state index in [1.165, 1.54) is 10.9 Å². The fourth-order valence-corrected chi connectivity index (χ4v) is 4.96. The van der Waals surface area contributed by atoms with E-state index < -0.39 is 5.60 Å². The smallest absolute Gasteiger partial charge is 0.407 e. The number of hydrogen-bond donors (Lipinski definition) is 2. The van der Waals surface area contributed by atoms with Crippen molar-refractivity contribution in [3.05, 3.63) is 33.9 Å². The third-order valence-electron chi connectivity index (χ3n) is 4.77. The third-order valence-corrected chi connectivity index (χ3v) is 6.13. The average molecular weight is 454 g/mol. The van der Waals surface area contributed by atoms with Crippen molar-refractivity contribution >= 4 is 44.7 Å². The van der Waals surface area contributed by atoms with Crippen molar-refractivity contribution in [2.45, 2.75) is 44.9 Å². The number of amides is 1. The van der Waals surface area contributed by atoms with Gasteiger partial charge in [-0.05, 0) is 44.9 Å². The molecule has 1 saturated heterocycles. The Labute approximate surface area is 171 Å². The number of H-pyrrole nitrogens is 1. The molecule has 0 spiro atoms. The fraction of sp³-hybridized carbons (Fsp3) is 0.526. The first-order valence-electron chi connectivity index (χ1n) is 9.08. The summed E-state index contributed by atoms with van der Waals surface area (Å²) in [6.07, 6.45) is 0.526. The van der Waals surface area contributed by atoms with Gasteiger partial charge < -0.3 is 15.0 Å². The maximum atomic E-state index is 12.4. The van der Waals surface area contributed by atoms with Crippen molar-refractivity contribution in [1.29, 1.82) is 0 Å². The number of alkyl carbamates (subject to hydrolysis) is 1. The molecule has 3 heterocycles. The average Bonchev–Trinajstić information content (AvgIpc) is 2.80. The summed E-state index contributed by atoms with van der Waals surface area (Å²) in [5.74, 6) is 1.35. The summed E-state index contributed by atoms with van der Waals surface area (Å²) in [6.45, 7) is 6.42. The minimum Gasteiger partial charge on any atom is -0.444 e. The SMILES string of the molecule is CC(C)(C)OC(=O)N[C@@H]1CSCON2CCc3c([nH]c4cc(Br)ccc34)[C@H]12. The molecule has 1 aromatic heterocycles. The van der Waals surface area contributed by atoms with Crippen molar-refractivity contribution in [2.75, 3.05) is 18.2 Å². The number of aromatic nitrogens is 1. The molecule has 8 heteroatoms. The van der Waals surface area contributed by atoms with Crippen molar-refractivity contribution in [1.82, 2.24) is 15.4 Å². The summed E-state index contributed by atoms with van der Waals surface area (Å²) in [4.78, 5) is 22.0. The largest absolute Gasteiger partial charge is 0.444 e. The molecule has 146 valence electrons. The molecule has 2 N–H and O–H groups in total. The number of carbonyl (C=O) groups excluding carboxylic acids is 1. The van der Waals surface area contributed by atoms with E-state index in [0.717, 1.165) is 34.4 Å². The zero-order valence-electron chi connectivity index (χ0n) is 15.7. The normalized spacial score (nSPS) is 23.4. The molecule has 27 heavy (non-hydrogen) atoms. The van der Waals surface area contributed by atoms with Gasteiger partial charge in [0.25, 0.3) is 0 Å². The maximum Gasteiger partial charge on any atom is 0.407 e. The summed E-state index contributed by atoms with van der Waals surface area (Å²) < 4.78 is 6.53. The Morgan fingerprint density at radius 3 is 3.04 bits per heavy atom. The molecule has 0 saturated carbocycles. The van der Waals surface area contributed by atoms with E-state index >= 15 is 0 Å². The number of halogens is 1. The van der Waals surface area contributed by atoms with Crippen LogP contribution >= 0.6 is 27.7 Å². The van der Waals surface area contributed by atoms with Crippen LogP contribution in [0.25, 0.3) is 10.9 Å². The minimum absolute atomic E-state index is 0.0672. The molecular formula is C19H24BrN3O3S. The van der Waals surface area contributed by atoms with Crippen molar-refractivity contribution in [2.24, 2.45) is 0 Å². The highest BCUT2D eigenvalue weighted by atomic mass is 79.9. The molecule has 2 atom stereocenters. The number of ether oxygens (including phenoxy) is 1. The zero-order valence-corrected chi connectivity index (χ0v) is 18.1. The summed E-state index contributed by atoms with van der Waals surface area (Å²) in [5, 5.41) is 6.32. The monoisotopic (exact) mass is 453 g/mol. The van der Waals surface area contributed by atoms with Gasteiger partial charge in [0.2, 0.25) is 0 Å². The van der Waals surface area contributed by atoms with Crippen LogP contribution in [0.5, 0.6) is 0 Å². The van der Waals surface area contributed by atoms with Gasteiger partial charge in [-0.1, -0.05) is 22.0 Å². The molecular weight excluding hydrogens is 430 g/mol. The molecule has 2 aliphatic rings. The number of rotatable bonds is 1. The van der Waals surface area contributed by atoms with E-state index in [2.05, 4.69) is 44.4 Å². The van der Waals surface area contributed by atoms with Crippen LogP contribution in [0.15, 0.2) is 22.7 Å². The molecule has 0 radical (unpaired) electrons. The van der Waals surface area contributed by atoms with Gasteiger partial charge in [0.15, 0.2) is 0 Å². The summed E-state index contributed by atoms with van der Waals surface area (Å²) in [7, 11) is 0.